The number of pyridine rings is 1. The Hall–Kier alpha value is -1.61. The fourth-order valence-corrected chi connectivity index (χ4v) is 2.25. The lowest BCUT2D eigenvalue weighted by molar-refractivity contribution is 0.302. The van der Waals surface area contributed by atoms with Crippen molar-refractivity contribution < 1.29 is 4.74 Å². The number of fused-ring (bicyclic) bond motifs is 1. The average Bonchev–Trinajstić information content (AvgIpc) is 3.26. The molecule has 1 heterocycles. The van der Waals surface area contributed by atoms with Crippen LogP contribution >= 0.6 is 0 Å². The molecule has 1 N–H and O–H groups in total. The average molecular weight is 284 g/mol. The van der Waals surface area contributed by atoms with Gasteiger partial charge in [-0.1, -0.05) is 12.1 Å². The van der Waals surface area contributed by atoms with Gasteiger partial charge in [0.1, 0.15) is 5.75 Å². The molecule has 0 radical (unpaired) electrons. The molecule has 1 saturated carbocycles. The Labute approximate surface area is 126 Å². The zero-order valence-electron chi connectivity index (χ0n) is 13.1. The summed E-state index contributed by atoms with van der Waals surface area (Å²) in [6.07, 6.45) is 2.61. The smallest absolute Gasteiger partial charge is 0.130 e. The van der Waals surface area contributed by atoms with Crippen LogP contribution in [0.15, 0.2) is 30.3 Å². The van der Waals surface area contributed by atoms with Crippen molar-refractivity contribution in [1.82, 2.24) is 10.3 Å². The number of aromatic nitrogens is 1. The van der Waals surface area contributed by atoms with E-state index in [1.807, 2.05) is 12.1 Å². The quantitative estimate of drug-likeness (QED) is 0.904. The number of hydrogen-bond acceptors (Lipinski definition) is 3. The second kappa shape index (κ2) is 5.64. The largest absolute Gasteiger partial charge is 0.493 e. The van der Waals surface area contributed by atoms with E-state index in [-0.39, 0.29) is 5.54 Å². The third-order valence-corrected chi connectivity index (χ3v) is 3.70. The molecular formula is C18H24N2O. The van der Waals surface area contributed by atoms with Crippen molar-refractivity contribution in [3.8, 4) is 5.75 Å². The summed E-state index contributed by atoms with van der Waals surface area (Å²) in [4.78, 5) is 4.74. The third kappa shape index (κ3) is 3.94. The zero-order chi connectivity index (χ0) is 14.9. The van der Waals surface area contributed by atoms with Crippen molar-refractivity contribution in [1.29, 1.82) is 0 Å². The molecule has 112 valence electrons. The van der Waals surface area contributed by atoms with Crippen LogP contribution < -0.4 is 10.1 Å². The minimum absolute atomic E-state index is 0.0857. The Morgan fingerprint density at radius 1 is 1.24 bits per heavy atom. The molecule has 3 nitrogen and oxygen atoms in total. The van der Waals surface area contributed by atoms with Crippen molar-refractivity contribution in [2.45, 2.75) is 45.7 Å². The van der Waals surface area contributed by atoms with Crippen LogP contribution in [0.3, 0.4) is 0 Å². The molecule has 0 saturated heterocycles. The van der Waals surface area contributed by atoms with Gasteiger partial charge in [0, 0.05) is 23.5 Å². The molecule has 1 fully saturated rings. The molecule has 0 spiro atoms. The summed E-state index contributed by atoms with van der Waals surface area (Å²) in [6.45, 7) is 8.09. The van der Waals surface area contributed by atoms with Gasteiger partial charge in [-0.15, -0.1) is 0 Å². The highest BCUT2D eigenvalue weighted by Crippen LogP contribution is 2.32. The van der Waals surface area contributed by atoms with Crippen LogP contribution in [0.1, 0.15) is 39.3 Å². The summed E-state index contributed by atoms with van der Waals surface area (Å²) in [5.74, 6) is 1.73. The maximum absolute atomic E-state index is 6.05. The van der Waals surface area contributed by atoms with Crippen LogP contribution in [0.2, 0.25) is 0 Å². The molecular weight excluding hydrogens is 260 g/mol. The van der Waals surface area contributed by atoms with Gasteiger partial charge in [-0.3, -0.25) is 4.98 Å². The maximum atomic E-state index is 6.05. The SMILES string of the molecule is CC(C)(C)NCc1cc(OCC2CC2)c2ccccc2n1. The van der Waals surface area contributed by atoms with Crippen molar-refractivity contribution in [2.75, 3.05) is 6.61 Å². The summed E-state index contributed by atoms with van der Waals surface area (Å²) in [5.41, 5.74) is 2.13. The van der Waals surface area contributed by atoms with Gasteiger partial charge >= 0.3 is 0 Å². The Morgan fingerprint density at radius 2 is 2.00 bits per heavy atom. The number of benzene rings is 1. The van der Waals surface area contributed by atoms with Gasteiger partial charge in [-0.25, -0.2) is 0 Å². The van der Waals surface area contributed by atoms with Crippen LogP contribution in [0, 0.1) is 5.92 Å². The van der Waals surface area contributed by atoms with E-state index in [1.54, 1.807) is 0 Å². The molecule has 1 aromatic carbocycles. The van der Waals surface area contributed by atoms with Gasteiger partial charge < -0.3 is 10.1 Å². The Bertz CT molecular complexity index is 627. The second-order valence-corrected chi connectivity index (χ2v) is 6.99. The molecule has 0 unspecified atom stereocenters. The Morgan fingerprint density at radius 3 is 2.71 bits per heavy atom. The van der Waals surface area contributed by atoms with E-state index in [4.69, 9.17) is 9.72 Å². The van der Waals surface area contributed by atoms with Crippen LogP contribution in [0.5, 0.6) is 5.75 Å². The number of nitrogens with one attached hydrogen (secondary N) is 1. The van der Waals surface area contributed by atoms with E-state index in [2.05, 4.69) is 44.3 Å². The number of rotatable bonds is 5. The first-order valence-electron chi connectivity index (χ1n) is 7.78. The topological polar surface area (TPSA) is 34.1 Å². The van der Waals surface area contributed by atoms with E-state index in [0.717, 1.165) is 41.4 Å². The lowest BCUT2D eigenvalue weighted by Crippen LogP contribution is -2.35. The van der Waals surface area contributed by atoms with Crippen LogP contribution in [-0.4, -0.2) is 17.1 Å². The first kappa shape index (κ1) is 14.3. The van der Waals surface area contributed by atoms with E-state index < -0.39 is 0 Å². The first-order chi connectivity index (χ1) is 10.0. The number of para-hydroxylation sites is 1. The zero-order valence-corrected chi connectivity index (χ0v) is 13.1. The van der Waals surface area contributed by atoms with Gasteiger partial charge in [-0.2, -0.15) is 0 Å². The van der Waals surface area contributed by atoms with Gasteiger partial charge in [0.15, 0.2) is 0 Å². The highest BCUT2D eigenvalue weighted by molar-refractivity contribution is 5.85. The normalized spacial score (nSPS) is 15.4. The van der Waals surface area contributed by atoms with E-state index in [1.165, 1.54) is 12.8 Å². The maximum Gasteiger partial charge on any atom is 0.130 e. The number of ether oxygens (including phenoxy) is 1. The molecule has 1 aliphatic rings. The lowest BCUT2D eigenvalue weighted by atomic mass is 10.1. The molecule has 3 rings (SSSR count). The van der Waals surface area contributed by atoms with Gasteiger partial charge in [-0.05, 0) is 51.7 Å². The summed E-state index contributed by atoms with van der Waals surface area (Å²) < 4.78 is 6.05. The standard InChI is InChI=1S/C18H24N2O/c1-18(2,3)19-11-14-10-17(21-12-13-8-9-13)15-6-4-5-7-16(15)20-14/h4-7,10,13,19H,8-9,11-12H2,1-3H3. The molecule has 0 atom stereocenters. The lowest BCUT2D eigenvalue weighted by Gasteiger charge is -2.20. The molecule has 0 amide bonds. The molecule has 1 aromatic heterocycles. The number of nitrogens with zero attached hydrogens (tertiary/aromatic N) is 1. The van der Waals surface area contributed by atoms with Crippen LogP contribution in [-0.2, 0) is 6.54 Å². The summed E-state index contributed by atoms with van der Waals surface area (Å²) >= 11 is 0. The molecule has 0 bridgehead atoms. The Kier molecular flexibility index (Phi) is 3.85. The summed E-state index contributed by atoms with van der Waals surface area (Å²) in [5, 5.41) is 4.60. The molecule has 3 heteroatoms. The van der Waals surface area contributed by atoms with Crippen molar-refractivity contribution in [3.05, 3.63) is 36.0 Å². The van der Waals surface area contributed by atoms with Gasteiger partial charge in [0.25, 0.3) is 0 Å². The number of hydrogen-bond donors (Lipinski definition) is 1. The third-order valence-electron chi connectivity index (χ3n) is 3.70. The van der Waals surface area contributed by atoms with E-state index >= 15 is 0 Å². The fourth-order valence-electron chi connectivity index (χ4n) is 2.25. The highest BCUT2D eigenvalue weighted by Gasteiger charge is 2.22. The summed E-state index contributed by atoms with van der Waals surface area (Å²) in [7, 11) is 0. The highest BCUT2D eigenvalue weighted by atomic mass is 16.5. The minimum Gasteiger partial charge on any atom is -0.493 e. The monoisotopic (exact) mass is 284 g/mol. The van der Waals surface area contributed by atoms with Crippen molar-refractivity contribution in [2.24, 2.45) is 5.92 Å². The minimum atomic E-state index is 0.0857. The van der Waals surface area contributed by atoms with Crippen LogP contribution in [0.25, 0.3) is 10.9 Å². The van der Waals surface area contributed by atoms with Crippen molar-refractivity contribution >= 4 is 10.9 Å². The molecule has 21 heavy (non-hydrogen) atoms. The second-order valence-electron chi connectivity index (χ2n) is 6.99. The molecule has 0 aliphatic heterocycles. The summed E-state index contributed by atoms with van der Waals surface area (Å²) in [6, 6.07) is 10.3. The van der Waals surface area contributed by atoms with E-state index in [9.17, 15) is 0 Å². The molecule has 2 aromatic rings. The predicted molar refractivity (Wildman–Crippen MR) is 86.6 cm³/mol. The van der Waals surface area contributed by atoms with Gasteiger partial charge in [0.05, 0.1) is 17.8 Å². The van der Waals surface area contributed by atoms with Crippen molar-refractivity contribution in [3.63, 3.8) is 0 Å². The molecule has 1 aliphatic carbocycles. The van der Waals surface area contributed by atoms with E-state index in [0.29, 0.717) is 0 Å². The predicted octanol–water partition coefficient (Wildman–Crippen LogP) is 3.91. The first-order valence-corrected chi connectivity index (χ1v) is 7.78. The Balaban J connectivity index is 1.86. The van der Waals surface area contributed by atoms with Crippen LogP contribution in [0.4, 0.5) is 0 Å². The van der Waals surface area contributed by atoms with Gasteiger partial charge in [0.2, 0.25) is 0 Å². The fraction of sp³-hybridized carbons (Fsp3) is 0.500.